The topological polar surface area (TPSA) is 28.7 Å². The minimum atomic E-state index is 0.949. The van der Waals surface area contributed by atoms with Crippen LogP contribution in [0, 0.1) is 3.57 Å². The van der Waals surface area contributed by atoms with Crippen LogP contribution in [0.2, 0.25) is 0 Å². The Bertz CT molecular complexity index is 417. The summed E-state index contributed by atoms with van der Waals surface area (Å²) in [6.07, 6.45) is 2.84. The van der Waals surface area contributed by atoms with Crippen LogP contribution in [0.5, 0.6) is 0 Å². The standard InChI is InChI=1S/C11H11IN2/c1-2-11-13-7-10(14-11)8-3-5-9(12)6-4-8/h3-7H,2H2,1H3,(H,13,14). The Kier molecular flexibility index (Phi) is 2.86. The molecule has 0 saturated carbocycles. The number of nitrogens with one attached hydrogen (secondary N) is 1. The maximum atomic E-state index is 4.28. The number of rotatable bonds is 2. The smallest absolute Gasteiger partial charge is 0.106 e. The molecule has 1 aromatic heterocycles. The molecule has 0 unspecified atom stereocenters. The molecule has 1 N–H and O–H groups in total. The molecule has 0 saturated heterocycles. The van der Waals surface area contributed by atoms with Crippen LogP contribution in [0.1, 0.15) is 12.7 Å². The van der Waals surface area contributed by atoms with Gasteiger partial charge in [-0.25, -0.2) is 4.98 Å². The van der Waals surface area contributed by atoms with Crippen molar-refractivity contribution < 1.29 is 0 Å². The van der Waals surface area contributed by atoms with Gasteiger partial charge in [-0.3, -0.25) is 0 Å². The highest BCUT2D eigenvalue weighted by Crippen LogP contribution is 2.18. The van der Waals surface area contributed by atoms with E-state index < -0.39 is 0 Å². The van der Waals surface area contributed by atoms with Crippen LogP contribution in [0.4, 0.5) is 0 Å². The molecule has 72 valence electrons. The van der Waals surface area contributed by atoms with Crippen molar-refractivity contribution in [1.29, 1.82) is 0 Å². The van der Waals surface area contributed by atoms with E-state index in [2.05, 4.69) is 63.7 Å². The quantitative estimate of drug-likeness (QED) is 0.847. The van der Waals surface area contributed by atoms with Crippen LogP contribution in [0.15, 0.2) is 30.5 Å². The number of hydrogen-bond acceptors (Lipinski definition) is 1. The fourth-order valence-electron chi connectivity index (χ4n) is 1.32. The summed E-state index contributed by atoms with van der Waals surface area (Å²) < 4.78 is 1.25. The van der Waals surface area contributed by atoms with Crippen molar-refractivity contribution in [1.82, 2.24) is 9.97 Å². The van der Waals surface area contributed by atoms with E-state index in [1.807, 2.05) is 6.20 Å². The van der Waals surface area contributed by atoms with Crippen molar-refractivity contribution in [2.45, 2.75) is 13.3 Å². The Hall–Kier alpha value is -0.840. The van der Waals surface area contributed by atoms with E-state index >= 15 is 0 Å². The Morgan fingerprint density at radius 3 is 2.57 bits per heavy atom. The molecule has 0 aliphatic rings. The first kappa shape index (κ1) is 9.71. The van der Waals surface area contributed by atoms with Crippen LogP contribution < -0.4 is 0 Å². The van der Waals surface area contributed by atoms with Crippen LogP contribution >= 0.6 is 22.6 Å². The molecular weight excluding hydrogens is 287 g/mol. The van der Waals surface area contributed by atoms with E-state index in [1.165, 1.54) is 9.13 Å². The van der Waals surface area contributed by atoms with Crippen LogP contribution in [-0.2, 0) is 6.42 Å². The van der Waals surface area contributed by atoms with Gasteiger partial charge in [-0.15, -0.1) is 0 Å². The molecule has 2 rings (SSSR count). The van der Waals surface area contributed by atoms with Gasteiger partial charge in [0.1, 0.15) is 5.82 Å². The van der Waals surface area contributed by atoms with Crippen LogP contribution in [-0.4, -0.2) is 9.97 Å². The summed E-state index contributed by atoms with van der Waals surface area (Å²) in [6.45, 7) is 2.09. The number of H-pyrrole nitrogens is 1. The van der Waals surface area contributed by atoms with E-state index in [1.54, 1.807) is 0 Å². The second-order valence-corrected chi connectivity index (χ2v) is 4.35. The fourth-order valence-corrected chi connectivity index (χ4v) is 1.68. The summed E-state index contributed by atoms with van der Waals surface area (Å²) in [5, 5.41) is 0. The Morgan fingerprint density at radius 1 is 1.29 bits per heavy atom. The second kappa shape index (κ2) is 4.13. The van der Waals surface area contributed by atoms with Gasteiger partial charge in [-0.1, -0.05) is 19.1 Å². The van der Waals surface area contributed by atoms with E-state index in [4.69, 9.17) is 0 Å². The van der Waals surface area contributed by atoms with Crippen molar-refractivity contribution in [2.24, 2.45) is 0 Å². The molecular formula is C11H11IN2. The van der Waals surface area contributed by atoms with Crippen molar-refractivity contribution in [3.8, 4) is 11.3 Å². The third-order valence-corrected chi connectivity index (χ3v) is 2.84. The summed E-state index contributed by atoms with van der Waals surface area (Å²) in [5.74, 6) is 1.04. The highest BCUT2D eigenvalue weighted by atomic mass is 127. The normalized spacial score (nSPS) is 10.4. The van der Waals surface area contributed by atoms with E-state index in [0.29, 0.717) is 0 Å². The van der Waals surface area contributed by atoms with Gasteiger partial charge in [0.15, 0.2) is 0 Å². The lowest BCUT2D eigenvalue weighted by Gasteiger charge is -1.96. The number of hydrogen-bond donors (Lipinski definition) is 1. The maximum Gasteiger partial charge on any atom is 0.106 e. The van der Waals surface area contributed by atoms with E-state index in [0.717, 1.165) is 17.9 Å². The summed E-state index contributed by atoms with van der Waals surface area (Å²) >= 11 is 2.30. The fraction of sp³-hybridized carbons (Fsp3) is 0.182. The Balaban J connectivity index is 2.34. The van der Waals surface area contributed by atoms with Gasteiger partial charge < -0.3 is 4.98 Å². The number of nitrogens with zero attached hydrogens (tertiary/aromatic N) is 1. The molecule has 1 heterocycles. The lowest BCUT2D eigenvalue weighted by molar-refractivity contribution is 0.991. The molecule has 3 heteroatoms. The van der Waals surface area contributed by atoms with Gasteiger partial charge in [0.2, 0.25) is 0 Å². The zero-order chi connectivity index (χ0) is 9.97. The number of aromatic nitrogens is 2. The predicted octanol–water partition coefficient (Wildman–Crippen LogP) is 3.24. The molecule has 0 fully saturated rings. The zero-order valence-electron chi connectivity index (χ0n) is 7.92. The molecule has 0 spiro atoms. The average Bonchev–Trinajstić information content (AvgIpc) is 2.67. The minimum absolute atomic E-state index is 0.949. The highest BCUT2D eigenvalue weighted by Gasteiger charge is 2.00. The first-order valence-corrected chi connectivity index (χ1v) is 5.67. The summed E-state index contributed by atoms with van der Waals surface area (Å²) in [6, 6.07) is 8.41. The summed E-state index contributed by atoms with van der Waals surface area (Å²) in [4.78, 5) is 7.56. The first-order chi connectivity index (χ1) is 6.79. The number of benzene rings is 1. The van der Waals surface area contributed by atoms with Gasteiger partial charge in [-0.05, 0) is 40.3 Å². The molecule has 1 aromatic carbocycles. The Morgan fingerprint density at radius 2 is 2.00 bits per heavy atom. The maximum absolute atomic E-state index is 4.28. The minimum Gasteiger partial charge on any atom is -0.342 e. The van der Waals surface area contributed by atoms with Crippen molar-refractivity contribution >= 4 is 22.6 Å². The second-order valence-electron chi connectivity index (χ2n) is 3.10. The van der Waals surface area contributed by atoms with Gasteiger partial charge >= 0.3 is 0 Å². The molecule has 0 aliphatic carbocycles. The number of aryl methyl sites for hydroxylation is 1. The summed E-state index contributed by atoms with van der Waals surface area (Å²) in [7, 11) is 0. The lowest BCUT2D eigenvalue weighted by Crippen LogP contribution is -1.82. The lowest BCUT2D eigenvalue weighted by atomic mass is 10.2. The molecule has 0 aliphatic heterocycles. The van der Waals surface area contributed by atoms with Crippen LogP contribution in [0.3, 0.4) is 0 Å². The van der Waals surface area contributed by atoms with Crippen molar-refractivity contribution in [3.63, 3.8) is 0 Å². The largest absolute Gasteiger partial charge is 0.342 e. The Labute approximate surface area is 96.9 Å². The van der Waals surface area contributed by atoms with E-state index in [-0.39, 0.29) is 0 Å². The molecule has 2 nitrogen and oxygen atoms in total. The highest BCUT2D eigenvalue weighted by molar-refractivity contribution is 14.1. The van der Waals surface area contributed by atoms with E-state index in [9.17, 15) is 0 Å². The van der Waals surface area contributed by atoms with Gasteiger partial charge in [0, 0.05) is 9.99 Å². The predicted molar refractivity (Wildman–Crippen MR) is 66.1 cm³/mol. The van der Waals surface area contributed by atoms with Gasteiger partial charge in [0.25, 0.3) is 0 Å². The summed E-state index contributed by atoms with van der Waals surface area (Å²) in [5.41, 5.74) is 2.29. The van der Waals surface area contributed by atoms with Crippen LogP contribution in [0.25, 0.3) is 11.3 Å². The monoisotopic (exact) mass is 298 g/mol. The zero-order valence-corrected chi connectivity index (χ0v) is 10.1. The van der Waals surface area contributed by atoms with Gasteiger partial charge in [0.05, 0.1) is 11.9 Å². The molecule has 0 radical (unpaired) electrons. The number of imidazole rings is 1. The van der Waals surface area contributed by atoms with Crippen molar-refractivity contribution in [3.05, 3.63) is 39.9 Å². The molecule has 2 aromatic rings. The molecule has 0 amide bonds. The number of aromatic amines is 1. The SMILES string of the molecule is CCc1ncc(-c2ccc(I)cc2)[nH]1. The van der Waals surface area contributed by atoms with Crippen molar-refractivity contribution in [2.75, 3.05) is 0 Å². The molecule has 0 bridgehead atoms. The molecule has 0 atom stereocenters. The first-order valence-electron chi connectivity index (χ1n) is 4.59. The average molecular weight is 298 g/mol. The third kappa shape index (κ3) is 1.97. The molecule has 14 heavy (non-hydrogen) atoms. The third-order valence-electron chi connectivity index (χ3n) is 2.12. The number of halogens is 1. The van der Waals surface area contributed by atoms with Gasteiger partial charge in [-0.2, -0.15) is 0 Å².